The second kappa shape index (κ2) is 7.03. The molecule has 0 spiro atoms. The van der Waals surface area contributed by atoms with E-state index in [2.05, 4.69) is 25.5 Å². The quantitative estimate of drug-likeness (QED) is 0.737. The maximum atomic E-state index is 11.9. The fourth-order valence-electron chi connectivity index (χ4n) is 2.78. The van der Waals surface area contributed by atoms with Crippen LogP contribution in [-0.2, 0) is 0 Å². The van der Waals surface area contributed by atoms with E-state index in [1.54, 1.807) is 7.05 Å². The summed E-state index contributed by atoms with van der Waals surface area (Å²) >= 11 is 0. The molecule has 1 fully saturated rings. The molecule has 24 heavy (non-hydrogen) atoms. The molecule has 2 rings (SSSR count). The van der Waals surface area contributed by atoms with Crippen LogP contribution in [-0.4, -0.2) is 58.8 Å². The van der Waals surface area contributed by atoms with Crippen molar-refractivity contribution in [2.45, 2.75) is 58.7 Å². The van der Waals surface area contributed by atoms with Crippen LogP contribution >= 0.6 is 0 Å². The van der Waals surface area contributed by atoms with Crippen molar-refractivity contribution < 1.29 is 9.90 Å². The van der Waals surface area contributed by atoms with Crippen LogP contribution < -0.4 is 15.5 Å². The van der Waals surface area contributed by atoms with Gasteiger partial charge in [-0.25, -0.2) is 9.97 Å². The number of carbonyl (C=O) groups excluding carboxylic acids is 1. The van der Waals surface area contributed by atoms with Crippen LogP contribution in [0.15, 0.2) is 0 Å². The van der Waals surface area contributed by atoms with Gasteiger partial charge in [-0.1, -0.05) is 0 Å². The normalized spacial score (nSPS) is 19.5. The molecule has 1 aromatic heterocycles. The first-order valence-corrected chi connectivity index (χ1v) is 8.44. The van der Waals surface area contributed by atoms with E-state index in [4.69, 9.17) is 0 Å². The van der Waals surface area contributed by atoms with E-state index in [1.807, 2.05) is 34.6 Å². The molecule has 0 aliphatic carbocycles. The van der Waals surface area contributed by atoms with Crippen LogP contribution in [0, 0.1) is 13.8 Å². The highest BCUT2D eigenvalue weighted by atomic mass is 16.3. The summed E-state index contributed by atoms with van der Waals surface area (Å²) in [7, 11) is 1.58. The number of nitrogens with zero attached hydrogens (tertiary/aromatic N) is 3. The molecule has 0 bridgehead atoms. The average molecular weight is 335 g/mol. The molecule has 1 saturated heterocycles. The van der Waals surface area contributed by atoms with Crippen molar-refractivity contribution in [3.63, 3.8) is 0 Å². The van der Waals surface area contributed by atoms with Gasteiger partial charge in [-0.2, -0.15) is 0 Å². The third kappa shape index (κ3) is 4.02. The van der Waals surface area contributed by atoms with E-state index < -0.39 is 5.60 Å². The van der Waals surface area contributed by atoms with Crippen molar-refractivity contribution in [3.8, 4) is 0 Å². The van der Waals surface area contributed by atoms with Gasteiger partial charge in [-0.05, 0) is 41.0 Å². The molecule has 2 atom stereocenters. The molecular weight excluding hydrogens is 306 g/mol. The van der Waals surface area contributed by atoms with Gasteiger partial charge < -0.3 is 20.6 Å². The molecule has 2 heterocycles. The number of aryl methyl sites for hydroxylation is 1. The SMILES string of the molecule is CNC(=O)c1nc(C)c(C)c(N2CC[C@@H](NC(C)C(C)(C)O)C2)n1. The molecule has 0 radical (unpaired) electrons. The van der Waals surface area contributed by atoms with Crippen LogP contribution in [0.1, 0.15) is 49.1 Å². The van der Waals surface area contributed by atoms with Crippen LogP contribution in [0.2, 0.25) is 0 Å². The summed E-state index contributed by atoms with van der Waals surface area (Å²) in [5, 5.41) is 16.2. The lowest BCUT2D eigenvalue weighted by molar-refractivity contribution is 0.0407. The van der Waals surface area contributed by atoms with Gasteiger partial charge in [0.05, 0.1) is 5.60 Å². The first kappa shape index (κ1) is 18.6. The number of nitrogens with one attached hydrogen (secondary N) is 2. The third-order valence-electron chi connectivity index (χ3n) is 4.83. The first-order chi connectivity index (χ1) is 11.1. The highest BCUT2D eigenvalue weighted by molar-refractivity contribution is 5.90. The van der Waals surface area contributed by atoms with Crippen molar-refractivity contribution in [3.05, 3.63) is 17.1 Å². The Kier molecular flexibility index (Phi) is 5.45. The molecule has 1 aromatic rings. The molecule has 7 nitrogen and oxygen atoms in total. The van der Waals surface area contributed by atoms with Crippen LogP contribution in [0.3, 0.4) is 0 Å². The summed E-state index contributed by atoms with van der Waals surface area (Å²) in [5.74, 6) is 0.752. The van der Waals surface area contributed by atoms with E-state index in [1.165, 1.54) is 0 Å². The zero-order valence-corrected chi connectivity index (χ0v) is 15.5. The van der Waals surface area contributed by atoms with Crippen molar-refractivity contribution in [2.75, 3.05) is 25.0 Å². The smallest absolute Gasteiger partial charge is 0.288 e. The summed E-state index contributed by atoms with van der Waals surface area (Å²) < 4.78 is 0. The van der Waals surface area contributed by atoms with Gasteiger partial charge in [0.2, 0.25) is 5.82 Å². The number of aliphatic hydroxyl groups is 1. The Bertz CT molecular complexity index is 612. The van der Waals surface area contributed by atoms with E-state index in [-0.39, 0.29) is 23.8 Å². The second-order valence-electron chi connectivity index (χ2n) is 7.13. The van der Waals surface area contributed by atoms with Gasteiger partial charge >= 0.3 is 0 Å². The van der Waals surface area contributed by atoms with Gasteiger partial charge in [0.25, 0.3) is 5.91 Å². The van der Waals surface area contributed by atoms with Crippen molar-refractivity contribution in [1.82, 2.24) is 20.6 Å². The Morgan fingerprint density at radius 3 is 2.62 bits per heavy atom. The number of rotatable bonds is 5. The topological polar surface area (TPSA) is 90.4 Å². The van der Waals surface area contributed by atoms with Gasteiger partial charge in [-0.15, -0.1) is 0 Å². The van der Waals surface area contributed by atoms with Crippen LogP contribution in [0.4, 0.5) is 5.82 Å². The van der Waals surface area contributed by atoms with Gasteiger partial charge in [0.15, 0.2) is 0 Å². The maximum Gasteiger partial charge on any atom is 0.288 e. The molecule has 134 valence electrons. The summed E-state index contributed by atoms with van der Waals surface area (Å²) in [5.41, 5.74) is 1.06. The van der Waals surface area contributed by atoms with Crippen LogP contribution in [0.25, 0.3) is 0 Å². The number of amides is 1. The monoisotopic (exact) mass is 335 g/mol. The maximum absolute atomic E-state index is 11.9. The predicted molar refractivity (Wildman–Crippen MR) is 94.4 cm³/mol. The van der Waals surface area contributed by atoms with Crippen molar-refractivity contribution in [2.24, 2.45) is 0 Å². The Labute approximate surface area is 143 Å². The summed E-state index contributed by atoms with van der Waals surface area (Å²) in [6, 6.07) is 0.279. The molecule has 3 N–H and O–H groups in total. The highest BCUT2D eigenvalue weighted by Gasteiger charge is 2.30. The molecule has 1 aliphatic rings. The number of carbonyl (C=O) groups is 1. The zero-order valence-electron chi connectivity index (χ0n) is 15.5. The van der Waals surface area contributed by atoms with E-state index in [0.717, 1.165) is 36.6 Å². The minimum atomic E-state index is -0.763. The minimum absolute atomic E-state index is 0.00267. The Morgan fingerprint density at radius 1 is 1.38 bits per heavy atom. The number of aromatic nitrogens is 2. The molecule has 1 amide bonds. The molecule has 0 saturated carbocycles. The Morgan fingerprint density at radius 2 is 2.04 bits per heavy atom. The largest absolute Gasteiger partial charge is 0.389 e. The lowest BCUT2D eigenvalue weighted by atomic mass is 10.00. The highest BCUT2D eigenvalue weighted by Crippen LogP contribution is 2.24. The zero-order chi connectivity index (χ0) is 18.1. The van der Waals surface area contributed by atoms with Crippen molar-refractivity contribution >= 4 is 11.7 Å². The molecular formula is C17H29N5O2. The third-order valence-corrected chi connectivity index (χ3v) is 4.83. The van der Waals surface area contributed by atoms with E-state index in [0.29, 0.717) is 0 Å². The Balaban J connectivity index is 2.16. The summed E-state index contributed by atoms with van der Waals surface area (Å²) in [4.78, 5) is 22.8. The van der Waals surface area contributed by atoms with Gasteiger partial charge in [0, 0.05) is 43.5 Å². The summed E-state index contributed by atoms with van der Waals surface area (Å²) in [6.07, 6.45) is 0.970. The molecule has 1 unspecified atom stereocenters. The minimum Gasteiger partial charge on any atom is -0.389 e. The van der Waals surface area contributed by atoms with E-state index in [9.17, 15) is 9.90 Å². The second-order valence-corrected chi connectivity index (χ2v) is 7.13. The predicted octanol–water partition coefficient (Wildman–Crippen LogP) is 0.781. The Hall–Kier alpha value is -1.73. The lowest BCUT2D eigenvalue weighted by Crippen LogP contribution is -2.49. The van der Waals surface area contributed by atoms with Gasteiger partial charge in [-0.3, -0.25) is 4.79 Å². The fraction of sp³-hybridized carbons (Fsp3) is 0.706. The number of anilines is 1. The van der Waals surface area contributed by atoms with Gasteiger partial charge in [0.1, 0.15) is 5.82 Å². The standard InChI is InChI=1S/C17H29N5O2/c1-10-11(2)19-14(16(23)18-6)21-15(10)22-8-7-13(9-22)20-12(3)17(4,5)24/h12-13,20,24H,7-9H2,1-6H3,(H,18,23)/t12?,13-/m1/s1. The number of hydrogen-bond donors (Lipinski definition) is 3. The average Bonchev–Trinajstić information content (AvgIpc) is 2.96. The summed E-state index contributed by atoms with van der Waals surface area (Å²) in [6.45, 7) is 11.2. The first-order valence-electron chi connectivity index (χ1n) is 8.44. The molecule has 7 heteroatoms. The lowest BCUT2D eigenvalue weighted by Gasteiger charge is -2.30. The molecule has 0 aromatic carbocycles. The number of hydrogen-bond acceptors (Lipinski definition) is 6. The van der Waals surface area contributed by atoms with Crippen molar-refractivity contribution in [1.29, 1.82) is 0 Å². The fourth-order valence-corrected chi connectivity index (χ4v) is 2.78. The van der Waals surface area contributed by atoms with Crippen LogP contribution in [0.5, 0.6) is 0 Å². The van der Waals surface area contributed by atoms with E-state index >= 15 is 0 Å². The molecule has 1 aliphatic heterocycles.